The topological polar surface area (TPSA) is 32.7 Å². The van der Waals surface area contributed by atoms with Gasteiger partial charge in [-0.3, -0.25) is 4.90 Å². The third kappa shape index (κ3) is 3.67. The monoisotopic (exact) mass is 264 g/mol. The zero-order chi connectivity index (χ0) is 12.8. The molecule has 1 aromatic carbocycles. The molecule has 1 aliphatic rings. The van der Waals surface area contributed by atoms with Gasteiger partial charge in [-0.25, -0.2) is 9.79 Å². The van der Waals surface area contributed by atoms with Crippen molar-refractivity contribution in [2.45, 2.75) is 32.4 Å². The van der Waals surface area contributed by atoms with Crippen molar-refractivity contribution in [1.82, 2.24) is 4.90 Å². The van der Waals surface area contributed by atoms with Crippen molar-refractivity contribution in [3.63, 3.8) is 0 Å². The van der Waals surface area contributed by atoms with Crippen LogP contribution in [0.5, 0.6) is 0 Å². The van der Waals surface area contributed by atoms with E-state index in [1.54, 1.807) is 0 Å². The second-order valence-electron chi connectivity index (χ2n) is 4.67. The quantitative estimate of drug-likeness (QED) is 0.618. The summed E-state index contributed by atoms with van der Waals surface area (Å²) in [6, 6.07) is 5.90. The minimum atomic E-state index is 0.354. The van der Waals surface area contributed by atoms with E-state index in [1.807, 2.05) is 18.2 Å². The third-order valence-electron chi connectivity index (χ3n) is 3.29. The van der Waals surface area contributed by atoms with E-state index in [0.29, 0.717) is 6.54 Å². The molecule has 0 aromatic heterocycles. The van der Waals surface area contributed by atoms with Gasteiger partial charge in [0.2, 0.25) is 6.08 Å². The summed E-state index contributed by atoms with van der Waals surface area (Å²) in [6.07, 6.45) is 5.44. The molecular weight excluding hydrogens is 248 g/mol. The summed E-state index contributed by atoms with van der Waals surface area (Å²) in [4.78, 5) is 16.1. The number of isocyanates is 1. The van der Waals surface area contributed by atoms with Gasteiger partial charge in [0.15, 0.2) is 0 Å². The van der Waals surface area contributed by atoms with Crippen LogP contribution in [0, 0.1) is 0 Å². The van der Waals surface area contributed by atoms with E-state index < -0.39 is 0 Å². The first-order valence-corrected chi connectivity index (χ1v) is 6.70. The molecule has 18 heavy (non-hydrogen) atoms. The largest absolute Gasteiger partial charge is 0.299 e. The number of likely N-dealkylation sites (tertiary alicyclic amines) is 1. The lowest BCUT2D eigenvalue weighted by Crippen LogP contribution is -2.29. The van der Waals surface area contributed by atoms with E-state index in [4.69, 9.17) is 11.6 Å². The molecule has 0 bridgehead atoms. The van der Waals surface area contributed by atoms with Crippen LogP contribution in [0.2, 0.25) is 5.02 Å². The Morgan fingerprint density at radius 1 is 1.28 bits per heavy atom. The van der Waals surface area contributed by atoms with Crippen LogP contribution in [0.15, 0.2) is 23.2 Å². The molecule has 0 amide bonds. The van der Waals surface area contributed by atoms with E-state index in [-0.39, 0.29) is 0 Å². The van der Waals surface area contributed by atoms with Gasteiger partial charge in [0, 0.05) is 11.6 Å². The van der Waals surface area contributed by atoms with Crippen LogP contribution >= 0.6 is 11.6 Å². The van der Waals surface area contributed by atoms with Gasteiger partial charge in [-0.2, -0.15) is 0 Å². The molecule has 2 rings (SSSR count). The molecule has 1 aliphatic heterocycles. The van der Waals surface area contributed by atoms with Crippen molar-refractivity contribution in [3.05, 3.63) is 34.3 Å². The highest BCUT2D eigenvalue weighted by atomic mass is 35.5. The number of benzene rings is 1. The van der Waals surface area contributed by atoms with E-state index in [0.717, 1.165) is 35.8 Å². The average Bonchev–Trinajstić information content (AvgIpc) is 2.40. The number of piperidine rings is 1. The van der Waals surface area contributed by atoms with Gasteiger partial charge in [0.1, 0.15) is 0 Å². The Morgan fingerprint density at radius 3 is 2.72 bits per heavy atom. The van der Waals surface area contributed by atoms with Crippen LogP contribution < -0.4 is 0 Å². The molecule has 1 fully saturated rings. The molecule has 96 valence electrons. The average molecular weight is 265 g/mol. The van der Waals surface area contributed by atoms with Crippen LogP contribution in [0.4, 0.5) is 0 Å². The van der Waals surface area contributed by atoms with E-state index in [9.17, 15) is 4.79 Å². The van der Waals surface area contributed by atoms with Crippen LogP contribution in [0.25, 0.3) is 0 Å². The maximum atomic E-state index is 10.1. The minimum absolute atomic E-state index is 0.354. The molecule has 1 aromatic rings. The van der Waals surface area contributed by atoms with Crippen molar-refractivity contribution in [2.75, 3.05) is 13.1 Å². The van der Waals surface area contributed by atoms with Crippen molar-refractivity contribution in [1.29, 1.82) is 0 Å². The molecule has 3 nitrogen and oxygen atoms in total. The second-order valence-corrected chi connectivity index (χ2v) is 5.08. The fraction of sp³-hybridized carbons (Fsp3) is 0.500. The van der Waals surface area contributed by atoms with Gasteiger partial charge in [0.25, 0.3) is 0 Å². The maximum Gasteiger partial charge on any atom is 0.235 e. The first-order valence-electron chi connectivity index (χ1n) is 6.33. The van der Waals surface area contributed by atoms with Crippen molar-refractivity contribution in [2.24, 2.45) is 4.99 Å². The molecule has 0 N–H and O–H groups in total. The Morgan fingerprint density at radius 2 is 2.06 bits per heavy atom. The summed E-state index contributed by atoms with van der Waals surface area (Å²) in [5, 5.41) is 0.763. The highest BCUT2D eigenvalue weighted by Crippen LogP contribution is 2.21. The zero-order valence-corrected chi connectivity index (χ0v) is 11.1. The highest BCUT2D eigenvalue weighted by molar-refractivity contribution is 6.31. The predicted molar refractivity (Wildman–Crippen MR) is 72.4 cm³/mol. The SMILES string of the molecule is O=C=NCc1ccc(CN2CCCCC2)c(Cl)c1. The molecule has 0 radical (unpaired) electrons. The Labute approximate surface area is 112 Å². The van der Waals surface area contributed by atoms with E-state index in [2.05, 4.69) is 9.89 Å². The maximum absolute atomic E-state index is 10.1. The third-order valence-corrected chi connectivity index (χ3v) is 3.64. The number of aliphatic imine (C=N–C) groups is 1. The normalized spacial score (nSPS) is 16.3. The Bertz CT molecular complexity index is 449. The fourth-order valence-electron chi connectivity index (χ4n) is 2.30. The molecule has 0 aliphatic carbocycles. The first kappa shape index (κ1) is 13.3. The lowest BCUT2D eigenvalue weighted by Gasteiger charge is -2.26. The zero-order valence-electron chi connectivity index (χ0n) is 10.4. The van der Waals surface area contributed by atoms with Crippen LogP contribution in [0.3, 0.4) is 0 Å². The van der Waals surface area contributed by atoms with Crippen molar-refractivity contribution >= 4 is 17.7 Å². The van der Waals surface area contributed by atoms with Crippen molar-refractivity contribution < 1.29 is 4.79 Å². The standard InChI is InChI=1S/C14H17ClN2O/c15-14-8-12(9-16-11-18)4-5-13(14)10-17-6-2-1-3-7-17/h4-5,8H,1-3,6-7,9-10H2. The Hall–Kier alpha value is -1.15. The molecular formula is C14H17ClN2O. The lowest BCUT2D eigenvalue weighted by molar-refractivity contribution is 0.221. The van der Waals surface area contributed by atoms with Gasteiger partial charge >= 0.3 is 0 Å². The Kier molecular flexibility index (Phi) is 4.94. The summed E-state index contributed by atoms with van der Waals surface area (Å²) in [6.45, 7) is 3.59. The molecule has 0 spiro atoms. The molecule has 0 atom stereocenters. The van der Waals surface area contributed by atoms with Gasteiger partial charge in [-0.1, -0.05) is 30.2 Å². The van der Waals surface area contributed by atoms with Crippen LogP contribution in [0.1, 0.15) is 30.4 Å². The summed E-state index contributed by atoms with van der Waals surface area (Å²) in [5.74, 6) is 0. The highest BCUT2D eigenvalue weighted by Gasteiger charge is 2.12. The minimum Gasteiger partial charge on any atom is -0.299 e. The number of nitrogens with zero attached hydrogens (tertiary/aromatic N) is 2. The number of rotatable bonds is 4. The van der Waals surface area contributed by atoms with Crippen LogP contribution in [-0.2, 0) is 17.9 Å². The second kappa shape index (κ2) is 6.69. The Balaban J connectivity index is 2.02. The predicted octanol–water partition coefficient (Wildman–Crippen LogP) is 3.16. The molecule has 4 heteroatoms. The summed E-state index contributed by atoms with van der Waals surface area (Å²) >= 11 is 6.26. The molecule has 0 unspecified atom stereocenters. The molecule has 1 saturated heterocycles. The van der Waals surface area contributed by atoms with Crippen LogP contribution in [-0.4, -0.2) is 24.1 Å². The van der Waals surface area contributed by atoms with E-state index in [1.165, 1.54) is 25.3 Å². The fourth-order valence-corrected chi connectivity index (χ4v) is 2.56. The van der Waals surface area contributed by atoms with Gasteiger partial charge in [-0.15, -0.1) is 0 Å². The molecule has 1 heterocycles. The number of hydrogen-bond acceptors (Lipinski definition) is 3. The number of hydrogen-bond donors (Lipinski definition) is 0. The van der Waals surface area contributed by atoms with Crippen molar-refractivity contribution in [3.8, 4) is 0 Å². The summed E-state index contributed by atoms with van der Waals surface area (Å²) < 4.78 is 0. The first-order chi connectivity index (χ1) is 8.79. The van der Waals surface area contributed by atoms with Gasteiger partial charge in [-0.05, 0) is 43.1 Å². The number of halogens is 1. The molecule has 0 saturated carbocycles. The van der Waals surface area contributed by atoms with Gasteiger partial charge < -0.3 is 0 Å². The number of carbonyl (C=O) groups excluding carboxylic acids is 1. The summed E-state index contributed by atoms with van der Waals surface area (Å²) in [7, 11) is 0. The smallest absolute Gasteiger partial charge is 0.235 e. The lowest BCUT2D eigenvalue weighted by atomic mass is 10.1. The summed E-state index contributed by atoms with van der Waals surface area (Å²) in [5.41, 5.74) is 2.10. The van der Waals surface area contributed by atoms with E-state index >= 15 is 0 Å². The van der Waals surface area contributed by atoms with Gasteiger partial charge in [0.05, 0.1) is 6.54 Å².